The van der Waals surface area contributed by atoms with Crippen LogP contribution in [0.1, 0.15) is 13.8 Å². The maximum absolute atomic E-state index is 13.4. The number of rotatable bonds is 3. The molecule has 0 radical (unpaired) electrons. The van der Waals surface area contributed by atoms with Gasteiger partial charge in [0.15, 0.2) is 0 Å². The fourth-order valence-corrected chi connectivity index (χ4v) is 1.30. The molecular weight excluding hydrogens is 296 g/mol. The Labute approximate surface area is 106 Å². The van der Waals surface area contributed by atoms with Crippen molar-refractivity contribution < 1.29 is 18.3 Å². The van der Waals surface area contributed by atoms with Crippen LogP contribution in [-0.4, -0.2) is 18.6 Å². The number of hydrogen-bond donors (Lipinski definition) is 1. The molecule has 0 aromatic heterocycles. The van der Waals surface area contributed by atoms with Crippen molar-refractivity contribution in [3.63, 3.8) is 0 Å². The SMILES string of the molecule is COC(C)(C)C(=O)Nc1cc(F)c(Br)cc1F. The molecule has 0 bridgehead atoms. The van der Waals surface area contributed by atoms with E-state index in [1.165, 1.54) is 21.0 Å². The van der Waals surface area contributed by atoms with E-state index in [9.17, 15) is 13.6 Å². The first-order chi connectivity index (χ1) is 7.77. The minimum absolute atomic E-state index is 0.000925. The molecule has 0 aliphatic carbocycles. The van der Waals surface area contributed by atoms with Crippen LogP contribution >= 0.6 is 15.9 Å². The van der Waals surface area contributed by atoms with E-state index < -0.39 is 23.1 Å². The summed E-state index contributed by atoms with van der Waals surface area (Å²) in [6.45, 7) is 3.05. The molecule has 1 aromatic carbocycles. The van der Waals surface area contributed by atoms with E-state index in [-0.39, 0.29) is 10.2 Å². The summed E-state index contributed by atoms with van der Waals surface area (Å²) >= 11 is 2.85. The molecule has 0 saturated carbocycles. The van der Waals surface area contributed by atoms with E-state index in [1.807, 2.05) is 0 Å². The Balaban J connectivity index is 2.97. The lowest BCUT2D eigenvalue weighted by atomic mass is 10.1. The van der Waals surface area contributed by atoms with Gasteiger partial charge in [0.2, 0.25) is 0 Å². The third-order valence-electron chi connectivity index (χ3n) is 2.32. The maximum atomic E-state index is 13.4. The Hall–Kier alpha value is -1.01. The quantitative estimate of drug-likeness (QED) is 0.872. The third-order valence-corrected chi connectivity index (χ3v) is 2.92. The van der Waals surface area contributed by atoms with Crippen molar-refractivity contribution in [3.8, 4) is 0 Å². The molecule has 0 aliphatic heterocycles. The molecule has 94 valence electrons. The van der Waals surface area contributed by atoms with Gasteiger partial charge in [0.1, 0.15) is 17.2 Å². The van der Waals surface area contributed by atoms with Crippen LogP contribution < -0.4 is 5.32 Å². The Morgan fingerprint density at radius 1 is 1.35 bits per heavy atom. The van der Waals surface area contributed by atoms with Crippen molar-refractivity contribution in [1.82, 2.24) is 0 Å². The number of hydrogen-bond acceptors (Lipinski definition) is 2. The van der Waals surface area contributed by atoms with Crippen LogP contribution in [0, 0.1) is 11.6 Å². The molecule has 17 heavy (non-hydrogen) atoms. The van der Waals surface area contributed by atoms with Crippen molar-refractivity contribution >= 4 is 27.5 Å². The summed E-state index contributed by atoms with van der Waals surface area (Å²) in [6, 6.07) is 1.85. The molecule has 0 fully saturated rings. The van der Waals surface area contributed by atoms with Crippen molar-refractivity contribution in [2.75, 3.05) is 12.4 Å². The van der Waals surface area contributed by atoms with Gasteiger partial charge in [-0.05, 0) is 35.8 Å². The Bertz CT molecular complexity index is 449. The molecule has 0 atom stereocenters. The monoisotopic (exact) mass is 307 g/mol. The number of nitrogens with one attached hydrogen (secondary N) is 1. The minimum atomic E-state index is -1.12. The average molecular weight is 308 g/mol. The third kappa shape index (κ3) is 3.23. The van der Waals surface area contributed by atoms with Crippen molar-refractivity contribution in [2.45, 2.75) is 19.4 Å². The number of benzene rings is 1. The number of carbonyl (C=O) groups is 1. The summed E-state index contributed by atoms with van der Waals surface area (Å²) in [4.78, 5) is 11.7. The highest BCUT2D eigenvalue weighted by molar-refractivity contribution is 9.10. The molecule has 0 saturated heterocycles. The fraction of sp³-hybridized carbons (Fsp3) is 0.364. The number of halogens is 3. The number of methoxy groups -OCH3 is 1. The number of amides is 1. The van der Waals surface area contributed by atoms with E-state index in [2.05, 4.69) is 21.2 Å². The standard InChI is InChI=1S/C11H12BrF2NO2/c1-11(2,17-3)10(16)15-9-5-7(13)6(12)4-8(9)14/h4-5H,1-3H3,(H,15,16). The Morgan fingerprint density at radius 2 is 1.94 bits per heavy atom. The van der Waals surface area contributed by atoms with Crippen LogP contribution in [0.15, 0.2) is 16.6 Å². The summed E-state index contributed by atoms with van der Waals surface area (Å²) in [5.41, 5.74) is -1.34. The van der Waals surface area contributed by atoms with Gasteiger partial charge in [0.05, 0.1) is 10.2 Å². The largest absolute Gasteiger partial charge is 0.369 e. The van der Waals surface area contributed by atoms with Gasteiger partial charge in [0.25, 0.3) is 5.91 Å². The molecule has 0 spiro atoms. The molecule has 1 N–H and O–H groups in total. The lowest BCUT2D eigenvalue weighted by molar-refractivity contribution is -0.133. The summed E-state index contributed by atoms with van der Waals surface area (Å²) in [5, 5.41) is 2.27. The second-order valence-electron chi connectivity index (χ2n) is 3.91. The van der Waals surface area contributed by atoms with Gasteiger partial charge in [0, 0.05) is 13.2 Å². The Kier molecular flexibility index (Phi) is 4.21. The Morgan fingerprint density at radius 3 is 2.47 bits per heavy atom. The normalized spacial score (nSPS) is 11.4. The highest BCUT2D eigenvalue weighted by Crippen LogP contribution is 2.24. The number of ether oxygens (including phenoxy) is 1. The zero-order chi connectivity index (χ0) is 13.2. The molecule has 1 aromatic rings. The highest BCUT2D eigenvalue weighted by atomic mass is 79.9. The van der Waals surface area contributed by atoms with Crippen LogP contribution in [0.2, 0.25) is 0 Å². The second-order valence-corrected chi connectivity index (χ2v) is 4.77. The van der Waals surface area contributed by atoms with Crippen LogP contribution in [0.4, 0.5) is 14.5 Å². The molecule has 3 nitrogen and oxygen atoms in total. The molecule has 0 heterocycles. The zero-order valence-electron chi connectivity index (χ0n) is 9.61. The predicted molar refractivity (Wildman–Crippen MR) is 63.8 cm³/mol. The van der Waals surface area contributed by atoms with Crippen LogP contribution in [-0.2, 0) is 9.53 Å². The maximum Gasteiger partial charge on any atom is 0.256 e. The van der Waals surface area contributed by atoms with Gasteiger partial charge in [-0.25, -0.2) is 8.78 Å². The fourth-order valence-electron chi connectivity index (χ4n) is 0.984. The number of carbonyl (C=O) groups excluding carboxylic acids is 1. The molecule has 0 aliphatic rings. The molecule has 0 unspecified atom stereocenters. The topological polar surface area (TPSA) is 38.3 Å². The first-order valence-electron chi connectivity index (χ1n) is 4.79. The first-order valence-corrected chi connectivity index (χ1v) is 5.58. The van der Waals surface area contributed by atoms with E-state index in [0.717, 1.165) is 12.1 Å². The van der Waals surface area contributed by atoms with E-state index in [4.69, 9.17) is 4.74 Å². The number of anilines is 1. The highest BCUT2D eigenvalue weighted by Gasteiger charge is 2.27. The van der Waals surface area contributed by atoms with Crippen molar-refractivity contribution in [2.24, 2.45) is 0 Å². The van der Waals surface area contributed by atoms with Gasteiger partial charge >= 0.3 is 0 Å². The van der Waals surface area contributed by atoms with Crippen LogP contribution in [0.5, 0.6) is 0 Å². The molecule has 1 amide bonds. The molecular formula is C11H12BrF2NO2. The summed E-state index contributed by atoms with van der Waals surface area (Å²) in [7, 11) is 1.36. The summed E-state index contributed by atoms with van der Waals surface area (Å²) in [6.07, 6.45) is 0. The van der Waals surface area contributed by atoms with Crippen molar-refractivity contribution in [1.29, 1.82) is 0 Å². The van der Waals surface area contributed by atoms with Crippen molar-refractivity contribution in [3.05, 3.63) is 28.2 Å². The van der Waals surface area contributed by atoms with Gasteiger partial charge in [-0.3, -0.25) is 4.79 Å². The van der Waals surface area contributed by atoms with Gasteiger partial charge < -0.3 is 10.1 Å². The summed E-state index contributed by atoms with van der Waals surface area (Å²) in [5.74, 6) is -1.93. The van der Waals surface area contributed by atoms with Crippen LogP contribution in [0.25, 0.3) is 0 Å². The van der Waals surface area contributed by atoms with E-state index in [1.54, 1.807) is 0 Å². The summed E-state index contributed by atoms with van der Waals surface area (Å²) < 4.78 is 31.5. The minimum Gasteiger partial charge on any atom is -0.369 e. The average Bonchev–Trinajstić information content (AvgIpc) is 2.25. The predicted octanol–water partition coefficient (Wildman–Crippen LogP) is 3.09. The first kappa shape index (κ1) is 14.1. The van der Waals surface area contributed by atoms with Crippen LogP contribution in [0.3, 0.4) is 0 Å². The smallest absolute Gasteiger partial charge is 0.256 e. The van der Waals surface area contributed by atoms with E-state index in [0.29, 0.717) is 0 Å². The lowest BCUT2D eigenvalue weighted by Gasteiger charge is -2.21. The second kappa shape index (κ2) is 5.10. The molecule has 6 heteroatoms. The van der Waals surface area contributed by atoms with E-state index >= 15 is 0 Å². The van der Waals surface area contributed by atoms with Gasteiger partial charge in [-0.2, -0.15) is 0 Å². The lowest BCUT2D eigenvalue weighted by Crippen LogP contribution is -2.39. The van der Waals surface area contributed by atoms with Gasteiger partial charge in [-0.15, -0.1) is 0 Å². The zero-order valence-corrected chi connectivity index (χ0v) is 11.2. The van der Waals surface area contributed by atoms with Gasteiger partial charge in [-0.1, -0.05) is 0 Å². The molecule has 1 rings (SSSR count).